The van der Waals surface area contributed by atoms with Crippen molar-refractivity contribution in [2.24, 2.45) is 0 Å². The third kappa shape index (κ3) is 3.77. The minimum absolute atomic E-state index is 0.256. The Bertz CT molecular complexity index is 577. The van der Waals surface area contributed by atoms with E-state index in [4.69, 9.17) is 4.74 Å². The van der Waals surface area contributed by atoms with Gasteiger partial charge < -0.3 is 14.6 Å². The number of aromatic amines is 1. The van der Waals surface area contributed by atoms with Crippen LogP contribution in [0.1, 0.15) is 25.7 Å². The van der Waals surface area contributed by atoms with Crippen LogP contribution < -0.4 is 10.3 Å². The number of aromatic nitrogens is 2. The van der Waals surface area contributed by atoms with E-state index in [-0.39, 0.29) is 12.5 Å². The average molecular weight is 296 g/mol. The van der Waals surface area contributed by atoms with Gasteiger partial charge in [0.1, 0.15) is 0 Å². The van der Waals surface area contributed by atoms with E-state index in [0.29, 0.717) is 13.1 Å². The van der Waals surface area contributed by atoms with Crippen molar-refractivity contribution >= 4 is 11.6 Å². The van der Waals surface area contributed by atoms with E-state index in [0.717, 1.165) is 32.0 Å². The van der Waals surface area contributed by atoms with Crippen molar-refractivity contribution in [2.45, 2.75) is 25.7 Å². The molecule has 0 radical (unpaired) electrons. The van der Waals surface area contributed by atoms with Crippen LogP contribution in [0.5, 0.6) is 5.88 Å². The number of hydrogen-bond acceptors (Lipinski definition) is 6. The molecule has 0 unspecified atom stereocenters. The summed E-state index contributed by atoms with van der Waals surface area (Å²) in [7, 11) is 0. The molecule has 0 aromatic carbocycles. The van der Waals surface area contributed by atoms with E-state index in [1.165, 1.54) is 0 Å². The number of hydrogen-bond donors (Lipinski definition) is 1. The second-order valence-corrected chi connectivity index (χ2v) is 4.73. The molecule has 21 heavy (non-hydrogen) atoms. The first kappa shape index (κ1) is 14.9. The molecule has 114 valence electrons. The zero-order valence-electron chi connectivity index (χ0n) is 11.4. The van der Waals surface area contributed by atoms with Crippen molar-refractivity contribution in [2.75, 3.05) is 19.7 Å². The number of nitro groups is 1. The number of nitrogens with zero attached hydrogens (tertiary/aromatic N) is 3. The molecule has 0 spiro atoms. The number of carbonyl (C=O) groups is 1. The highest BCUT2D eigenvalue weighted by molar-refractivity contribution is 5.77. The number of ether oxygens (including phenoxy) is 1. The molecule has 0 atom stereocenters. The molecule has 1 saturated heterocycles. The molecular weight excluding hydrogens is 280 g/mol. The van der Waals surface area contributed by atoms with Crippen molar-refractivity contribution in [3.05, 3.63) is 26.8 Å². The van der Waals surface area contributed by atoms with Gasteiger partial charge in [0.2, 0.25) is 0 Å². The summed E-state index contributed by atoms with van der Waals surface area (Å²) in [6, 6.07) is 0. The van der Waals surface area contributed by atoms with Crippen LogP contribution >= 0.6 is 0 Å². The lowest BCUT2D eigenvalue weighted by Gasteiger charge is -2.19. The number of carbonyl (C=O) groups excluding carboxylic acids is 1. The fourth-order valence-electron chi connectivity index (χ4n) is 2.18. The van der Waals surface area contributed by atoms with Crippen LogP contribution in [0.2, 0.25) is 0 Å². The smallest absolute Gasteiger partial charge is 0.395 e. The Labute approximate surface area is 120 Å². The van der Waals surface area contributed by atoms with E-state index < -0.39 is 22.0 Å². The van der Waals surface area contributed by atoms with E-state index in [9.17, 15) is 19.7 Å². The topological polar surface area (TPSA) is 118 Å². The monoisotopic (exact) mass is 296 g/mol. The van der Waals surface area contributed by atoms with Gasteiger partial charge in [0.05, 0.1) is 11.3 Å². The van der Waals surface area contributed by atoms with Gasteiger partial charge >= 0.3 is 17.1 Å². The zero-order valence-corrected chi connectivity index (χ0v) is 11.4. The first-order valence-electron chi connectivity index (χ1n) is 6.72. The predicted molar refractivity (Wildman–Crippen MR) is 72.1 cm³/mol. The van der Waals surface area contributed by atoms with Crippen LogP contribution in [0.4, 0.5) is 5.69 Å². The highest BCUT2D eigenvalue weighted by atomic mass is 16.6. The Kier molecular flexibility index (Phi) is 4.85. The van der Waals surface area contributed by atoms with Crippen LogP contribution in [0.15, 0.2) is 11.1 Å². The highest BCUT2D eigenvalue weighted by Gasteiger charge is 2.24. The molecule has 1 fully saturated rings. The Hall–Kier alpha value is -2.45. The predicted octanol–water partition coefficient (Wildman–Crippen LogP) is 0.460. The fraction of sp³-hybridized carbons (Fsp3) is 0.583. The Morgan fingerprint density at radius 2 is 2.05 bits per heavy atom. The molecule has 1 N–H and O–H groups in total. The third-order valence-corrected chi connectivity index (χ3v) is 3.27. The quantitative estimate of drug-likeness (QED) is 0.637. The first-order chi connectivity index (χ1) is 10.1. The number of H-pyrrole nitrogens is 1. The summed E-state index contributed by atoms with van der Waals surface area (Å²) in [4.78, 5) is 40.7. The molecule has 1 aromatic heterocycles. The molecule has 1 amide bonds. The lowest BCUT2D eigenvalue weighted by atomic mass is 10.2. The highest BCUT2D eigenvalue weighted by Crippen LogP contribution is 2.18. The van der Waals surface area contributed by atoms with E-state index in [2.05, 4.69) is 9.97 Å². The molecule has 0 aliphatic carbocycles. The lowest BCUT2D eigenvalue weighted by molar-refractivity contribution is -0.387. The minimum atomic E-state index is -0.910. The standard InChI is InChI=1S/C12H16N4O5/c17-9(15-5-3-1-2-4-6-15)7-21-12-10(16(19)20)11(18)13-8-14-12/h8H,1-7H2,(H,13,14,18). The molecule has 1 aliphatic rings. The number of likely N-dealkylation sites (tertiary alicyclic amines) is 1. The summed E-state index contributed by atoms with van der Waals surface area (Å²) in [5, 5.41) is 10.8. The molecule has 2 rings (SSSR count). The van der Waals surface area contributed by atoms with E-state index in [1.54, 1.807) is 4.90 Å². The van der Waals surface area contributed by atoms with Crippen LogP contribution in [0.25, 0.3) is 0 Å². The third-order valence-electron chi connectivity index (χ3n) is 3.27. The van der Waals surface area contributed by atoms with Crippen molar-refractivity contribution in [1.82, 2.24) is 14.9 Å². The molecule has 0 saturated carbocycles. The second kappa shape index (κ2) is 6.82. The lowest BCUT2D eigenvalue weighted by Crippen LogP contribution is -2.35. The molecule has 9 nitrogen and oxygen atoms in total. The van der Waals surface area contributed by atoms with Crippen LogP contribution in [0.3, 0.4) is 0 Å². The largest absolute Gasteiger partial charge is 0.463 e. The van der Waals surface area contributed by atoms with E-state index in [1.807, 2.05) is 0 Å². The maximum absolute atomic E-state index is 12.0. The molecule has 1 aliphatic heterocycles. The minimum Gasteiger partial charge on any atom is -0.463 e. The molecule has 0 bridgehead atoms. The van der Waals surface area contributed by atoms with Gasteiger partial charge in [0.15, 0.2) is 6.61 Å². The summed E-state index contributed by atoms with van der Waals surface area (Å²) >= 11 is 0. The van der Waals surface area contributed by atoms with Gasteiger partial charge in [-0.2, -0.15) is 4.98 Å². The zero-order chi connectivity index (χ0) is 15.2. The Morgan fingerprint density at radius 1 is 1.38 bits per heavy atom. The summed E-state index contributed by atoms with van der Waals surface area (Å²) in [5.74, 6) is -0.694. The second-order valence-electron chi connectivity index (χ2n) is 4.73. The van der Waals surface area contributed by atoms with Gasteiger partial charge in [-0.25, -0.2) is 0 Å². The average Bonchev–Trinajstić information content (AvgIpc) is 2.73. The van der Waals surface area contributed by atoms with Crippen LogP contribution in [0, 0.1) is 10.1 Å². The summed E-state index contributed by atoms with van der Waals surface area (Å²) in [5.41, 5.74) is -1.70. The maximum Gasteiger partial charge on any atom is 0.395 e. The molecular formula is C12H16N4O5. The van der Waals surface area contributed by atoms with E-state index >= 15 is 0 Å². The number of amides is 1. The first-order valence-corrected chi connectivity index (χ1v) is 6.72. The number of nitrogens with one attached hydrogen (secondary N) is 1. The molecule has 2 heterocycles. The van der Waals surface area contributed by atoms with Gasteiger partial charge in [-0.05, 0) is 12.8 Å². The van der Waals surface area contributed by atoms with Gasteiger partial charge in [0.25, 0.3) is 5.91 Å². The van der Waals surface area contributed by atoms with Gasteiger partial charge in [-0.15, -0.1) is 0 Å². The summed E-state index contributed by atoms with van der Waals surface area (Å²) < 4.78 is 5.07. The van der Waals surface area contributed by atoms with Crippen molar-refractivity contribution in [1.29, 1.82) is 0 Å². The van der Waals surface area contributed by atoms with Crippen molar-refractivity contribution in [3.8, 4) is 5.88 Å². The Morgan fingerprint density at radius 3 is 2.67 bits per heavy atom. The van der Waals surface area contributed by atoms with Gasteiger partial charge in [-0.3, -0.25) is 19.7 Å². The molecule has 1 aromatic rings. The van der Waals surface area contributed by atoms with Gasteiger partial charge in [0, 0.05) is 13.1 Å². The number of rotatable bonds is 4. The van der Waals surface area contributed by atoms with Crippen molar-refractivity contribution in [3.63, 3.8) is 0 Å². The summed E-state index contributed by atoms with van der Waals surface area (Å²) in [6.07, 6.45) is 5.06. The van der Waals surface area contributed by atoms with Crippen LogP contribution in [-0.4, -0.2) is 45.4 Å². The maximum atomic E-state index is 12.0. The van der Waals surface area contributed by atoms with Gasteiger partial charge in [-0.1, -0.05) is 12.8 Å². The molecule has 9 heteroatoms. The Balaban J connectivity index is 2.02. The van der Waals surface area contributed by atoms with Crippen LogP contribution in [-0.2, 0) is 4.79 Å². The SMILES string of the molecule is O=C(COc1nc[nH]c(=O)c1[N+](=O)[O-])N1CCCCCC1. The normalized spacial score (nSPS) is 15.3. The summed E-state index contributed by atoms with van der Waals surface area (Å²) in [6.45, 7) is 0.956. The van der Waals surface area contributed by atoms with Crippen molar-refractivity contribution < 1.29 is 14.5 Å². The fourth-order valence-corrected chi connectivity index (χ4v) is 2.18.